The van der Waals surface area contributed by atoms with E-state index in [4.69, 9.17) is 10.5 Å². The Morgan fingerprint density at radius 2 is 1.80 bits per heavy atom. The van der Waals surface area contributed by atoms with Crippen LogP contribution in [-0.2, 0) is 10.1 Å². The first-order chi connectivity index (χ1) is 16.3. The fourth-order valence-electron chi connectivity index (χ4n) is 3.40. The molecule has 0 unspecified atom stereocenters. The number of fused-ring (bicyclic) bond motifs is 1. The summed E-state index contributed by atoms with van der Waals surface area (Å²) >= 11 is 0. The van der Waals surface area contributed by atoms with Crippen molar-refractivity contribution in [2.24, 2.45) is 10.2 Å². The molecule has 0 aliphatic heterocycles. The molecule has 0 atom stereocenters. The molecule has 0 spiro atoms. The molecule has 0 aliphatic rings. The van der Waals surface area contributed by atoms with Gasteiger partial charge in [0.05, 0.1) is 24.2 Å². The van der Waals surface area contributed by atoms with Crippen molar-refractivity contribution in [3.63, 3.8) is 0 Å². The summed E-state index contributed by atoms with van der Waals surface area (Å²) in [5.74, 6) is -0.0112. The minimum absolute atomic E-state index is 0. The third-order valence-corrected chi connectivity index (χ3v) is 5.90. The van der Waals surface area contributed by atoms with Crippen molar-refractivity contribution in [1.29, 1.82) is 0 Å². The number of pyridine rings is 1. The zero-order valence-corrected chi connectivity index (χ0v) is 19.0. The number of anilines is 1. The molecule has 3 N–H and O–H groups in total. The van der Waals surface area contributed by atoms with Gasteiger partial charge in [-0.15, -0.1) is 10.2 Å². The van der Waals surface area contributed by atoms with Gasteiger partial charge in [-0.05, 0) is 36.8 Å². The van der Waals surface area contributed by atoms with Crippen molar-refractivity contribution in [3.8, 4) is 17.0 Å². The number of hydrogen-bond acceptors (Lipinski definition) is 7. The van der Waals surface area contributed by atoms with Crippen molar-refractivity contribution >= 4 is 67.5 Å². The van der Waals surface area contributed by atoms with Crippen molar-refractivity contribution < 1.29 is 22.1 Å². The molecule has 0 bridgehead atoms. The van der Waals surface area contributed by atoms with Gasteiger partial charge in [0.1, 0.15) is 27.8 Å². The number of ether oxygens (including phenoxy) is 1. The molecule has 1 heterocycles. The maximum absolute atomic E-state index is 13.7. The number of nitrogen functional groups attached to an aromatic ring is 1. The van der Waals surface area contributed by atoms with Gasteiger partial charge in [0.15, 0.2) is 0 Å². The van der Waals surface area contributed by atoms with Crippen LogP contribution in [-0.4, -0.2) is 54.1 Å². The van der Waals surface area contributed by atoms with Crippen LogP contribution in [0, 0.1) is 5.82 Å². The second-order valence-corrected chi connectivity index (χ2v) is 8.81. The van der Waals surface area contributed by atoms with Crippen molar-refractivity contribution in [2.75, 3.05) is 12.3 Å². The maximum atomic E-state index is 13.7. The van der Waals surface area contributed by atoms with Crippen LogP contribution in [0.3, 0.4) is 0 Å². The monoisotopic (exact) mass is 504 g/mol. The van der Waals surface area contributed by atoms with E-state index in [0.29, 0.717) is 34.7 Å². The normalized spacial score (nSPS) is 11.5. The Kier molecular flexibility index (Phi) is 8.57. The van der Waals surface area contributed by atoms with E-state index in [2.05, 4.69) is 15.2 Å². The number of nitrogens with two attached hydrogens (primary N) is 1. The van der Waals surface area contributed by atoms with Crippen LogP contribution in [0.4, 0.5) is 21.5 Å². The van der Waals surface area contributed by atoms with E-state index in [1.54, 1.807) is 42.5 Å². The first kappa shape index (κ1) is 26.7. The molecule has 0 fully saturated rings. The van der Waals surface area contributed by atoms with E-state index < -0.39 is 15.9 Å². The summed E-state index contributed by atoms with van der Waals surface area (Å²) in [5, 5.41) is 8.90. The zero-order valence-electron chi connectivity index (χ0n) is 18.1. The predicted molar refractivity (Wildman–Crippen MR) is 135 cm³/mol. The molecule has 3 aromatic carbocycles. The summed E-state index contributed by atoms with van der Waals surface area (Å²) in [5.41, 5.74) is 8.05. The van der Waals surface area contributed by atoms with Crippen LogP contribution >= 0.6 is 0 Å². The molecule has 176 valence electrons. The van der Waals surface area contributed by atoms with Crippen LogP contribution < -0.4 is 10.5 Å². The summed E-state index contributed by atoms with van der Waals surface area (Å²) < 4.78 is 52.7. The number of benzene rings is 3. The molecular formula is C24H22FN4NaO4S. The molecule has 35 heavy (non-hydrogen) atoms. The van der Waals surface area contributed by atoms with E-state index in [0.717, 1.165) is 6.42 Å². The number of azo groups is 1. The van der Waals surface area contributed by atoms with E-state index in [-0.39, 0.29) is 51.2 Å². The van der Waals surface area contributed by atoms with Gasteiger partial charge < -0.3 is 10.5 Å². The number of nitrogens with zero attached hydrogens (tertiary/aromatic N) is 3. The first-order valence-corrected chi connectivity index (χ1v) is 11.8. The van der Waals surface area contributed by atoms with E-state index in [1.165, 1.54) is 24.4 Å². The third-order valence-electron chi connectivity index (χ3n) is 5.01. The van der Waals surface area contributed by atoms with Crippen LogP contribution in [0.2, 0.25) is 0 Å². The standard InChI is InChI=1S/C24H21FN4O4S.Na.H/c1-2-11-33-22-12-15(25)7-9-19(22)20-10-8-16(14-27-20)28-29-21-13-23(34(30,31)32)17-5-3-4-6-18(17)24(21)26;;/h3-10,12-14H,2,11,26H2,1H3,(H,30,31,32);;/b29-28+;;. The summed E-state index contributed by atoms with van der Waals surface area (Å²) in [7, 11) is -4.51. The molecule has 0 amide bonds. The third kappa shape index (κ3) is 6.03. The molecule has 0 aliphatic carbocycles. The van der Waals surface area contributed by atoms with Crippen LogP contribution in [0.15, 0.2) is 82.0 Å². The van der Waals surface area contributed by atoms with Gasteiger partial charge in [-0.1, -0.05) is 31.2 Å². The van der Waals surface area contributed by atoms with Crippen LogP contribution in [0.25, 0.3) is 22.0 Å². The minimum atomic E-state index is -4.51. The molecule has 11 heteroatoms. The topological polar surface area (TPSA) is 127 Å². The van der Waals surface area contributed by atoms with Crippen molar-refractivity contribution in [1.82, 2.24) is 4.98 Å². The Morgan fingerprint density at radius 3 is 2.46 bits per heavy atom. The van der Waals surface area contributed by atoms with Crippen LogP contribution in [0.1, 0.15) is 13.3 Å². The van der Waals surface area contributed by atoms with E-state index in [9.17, 15) is 17.4 Å². The molecule has 1 aromatic heterocycles. The molecule has 4 aromatic rings. The Balaban J connectivity index is 0.00000342. The van der Waals surface area contributed by atoms with Gasteiger partial charge in [-0.25, -0.2) is 4.39 Å². The molecule has 4 rings (SSSR count). The Morgan fingerprint density at radius 1 is 1.06 bits per heavy atom. The Bertz CT molecular complexity index is 1500. The Labute approximate surface area is 224 Å². The number of aromatic nitrogens is 1. The molecular weight excluding hydrogens is 482 g/mol. The average Bonchev–Trinajstić information content (AvgIpc) is 2.82. The van der Waals surface area contributed by atoms with Gasteiger partial charge >= 0.3 is 29.6 Å². The van der Waals surface area contributed by atoms with Gasteiger partial charge in [0, 0.05) is 22.4 Å². The summed E-state index contributed by atoms with van der Waals surface area (Å²) in [6, 6.07) is 15.3. The second-order valence-electron chi connectivity index (χ2n) is 7.42. The van der Waals surface area contributed by atoms with Gasteiger partial charge in [0.2, 0.25) is 0 Å². The average molecular weight is 505 g/mol. The van der Waals surface area contributed by atoms with Gasteiger partial charge in [0.25, 0.3) is 10.1 Å². The quantitative estimate of drug-likeness (QED) is 0.150. The number of halogens is 1. The summed E-state index contributed by atoms with van der Waals surface area (Å²) in [4.78, 5) is 4.06. The Hall–Kier alpha value is -2.89. The zero-order chi connectivity index (χ0) is 24.3. The van der Waals surface area contributed by atoms with Gasteiger partial charge in [-0.3, -0.25) is 9.54 Å². The van der Waals surface area contributed by atoms with Crippen molar-refractivity contribution in [2.45, 2.75) is 18.2 Å². The summed E-state index contributed by atoms with van der Waals surface area (Å²) in [6.45, 7) is 2.40. The van der Waals surface area contributed by atoms with E-state index in [1.807, 2.05) is 6.92 Å². The first-order valence-electron chi connectivity index (χ1n) is 10.4. The predicted octanol–water partition coefficient (Wildman–Crippen LogP) is 5.43. The fourth-order valence-corrected chi connectivity index (χ4v) is 4.12. The molecule has 0 saturated heterocycles. The SMILES string of the molecule is CCCOc1cc(F)ccc1-c1ccc(/N=N/c2cc(S(=O)(=O)O)c3ccccc3c2N)cn1.[NaH]. The van der Waals surface area contributed by atoms with E-state index >= 15 is 0 Å². The fraction of sp³-hybridized carbons (Fsp3) is 0.125. The molecule has 8 nitrogen and oxygen atoms in total. The second kappa shape index (κ2) is 11.2. The van der Waals surface area contributed by atoms with Crippen molar-refractivity contribution in [3.05, 3.63) is 72.7 Å². The number of hydrogen-bond donors (Lipinski definition) is 2. The molecule has 0 radical (unpaired) electrons. The van der Waals surface area contributed by atoms with Gasteiger partial charge in [-0.2, -0.15) is 8.42 Å². The molecule has 0 saturated carbocycles. The number of rotatable bonds is 7. The summed E-state index contributed by atoms with van der Waals surface area (Å²) in [6.07, 6.45) is 2.24. The van der Waals surface area contributed by atoms with Crippen LogP contribution in [0.5, 0.6) is 5.75 Å².